The van der Waals surface area contributed by atoms with Crippen molar-refractivity contribution in [2.75, 3.05) is 14.2 Å². The van der Waals surface area contributed by atoms with Gasteiger partial charge in [0.15, 0.2) is 11.5 Å². The van der Waals surface area contributed by atoms with Crippen LogP contribution in [0.1, 0.15) is 40.7 Å². The van der Waals surface area contributed by atoms with Crippen molar-refractivity contribution < 1.29 is 19.0 Å². The van der Waals surface area contributed by atoms with Crippen LogP contribution in [0, 0.1) is 0 Å². The third kappa shape index (κ3) is 1.97. The second-order valence-electron chi connectivity index (χ2n) is 5.84. The van der Waals surface area contributed by atoms with E-state index in [1.807, 2.05) is 25.1 Å². The number of amides is 1. The Morgan fingerprint density at radius 3 is 2.50 bits per heavy atom. The number of carbonyl (C=O) groups excluding carboxylic acids is 1. The molecule has 124 valence electrons. The minimum Gasteiger partial charge on any atom is -0.493 e. The first-order valence-electron chi connectivity index (χ1n) is 7.60. The second kappa shape index (κ2) is 5.31. The van der Waals surface area contributed by atoms with Crippen molar-refractivity contribution in [1.82, 2.24) is 4.90 Å². The molecular formula is C18H16ClNO4. The third-order valence-corrected chi connectivity index (χ3v) is 4.85. The smallest absolute Gasteiger partial charge is 0.258 e. The van der Waals surface area contributed by atoms with Gasteiger partial charge in [0, 0.05) is 16.1 Å². The van der Waals surface area contributed by atoms with E-state index in [2.05, 4.69) is 0 Å². The number of hydrogen-bond acceptors (Lipinski definition) is 4. The molecule has 5 nitrogen and oxygen atoms in total. The Hall–Kier alpha value is -2.40. The summed E-state index contributed by atoms with van der Waals surface area (Å²) in [5.74, 6) is 1.75. The molecule has 2 aliphatic rings. The van der Waals surface area contributed by atoms with Crippen LogP contribution in [0.15, 0.2) is 30.3 Å². The van der Waals surface area contributed by atoms with Crippen molar-refractivity contribution in [3.63, 3.8) is 0 Å². The van der Waals surface area contributed by atoms with E-state index in [9.17, 15) is 4.79 Å². The van der Waals surface area contributed by atoms with Crippen LogP contribution >= 0.6 is 11.6 Å². The lowest BCUT2D eigenvalue weighted by atomic mass is 10.0. The van der Waals surface area contributed by atoms with E-state index in [0.29, 0.717) is 22.1 Å². The van der Waals surface area contributed by atoms with Gasteiger partial charge < -0.3 is 14.2 Å². The van der Waals surface area contributed by atoms with Gasteiger partial charge in [-0.15, -0.1) is 0 Å². The van der Waals surface area contributed by atoms with E-state index in [1.54, 1.807) is 31.3 Å². The van der Waals surface area contributed by atoms with Crippen LogP contribution in [0.2, 0.25) is 5.02 Å². The molecule has 0 spiro atoms. The molecule has 6 heteroatoms. The fourth-order valence-electron chi connectivity index (χ4n) is 3.40. The average Bonchev–Trinajstić information content (AvgIpc) is 2.86. The first-order valence-corrected chi connectivity index (χ1v) is 7.97. The van der Waals surface area contributed by atoms with Crippen molar-refractivity contribution in [2.45, 2.75) is 19.2 Å². The molecule has 2 heterocycles. The molecule has 0 fully saturated rings. The standard InChI is InChI=1S/C18H16ClNO4/c1-9-11-6-10(19)4-5-14(11)24-18-13-8-16(23-3)15(22-2)7-12(13)17(21)20(9)18/h4-9,18H,1-3H3. The Morgan fingerprint density at radius 1 is 1.08 bits per heavy atom. The molecule has 0 saturated carbocycles. The molecule has 0 saturated heterocycles. The largest absolute Gasteiger partial charge is 0.493 e. The maximum Gasteiger partial charge on any atom is 0.258 e. The van der Waals surface area contributed by atoms with Crippen molar-refractivity contribution in [2.24, 2.45) is 0 Å². The van der Waals surface area contributed by atoms with Crippen LogP contribution in [0.25, 0.3) is 0 Å². The van der Waals surface area contributed by atoms with Gasteiger partial charge in [-0.1, -0.05) is 11.6 Å². The Labute approximate surface area is 144 Å². The van der Waals surface area contributed by atoms with Crippen molar-refractivity contribution in [3.8, 4) is 17.2 Å². The van der Waals surface area contributed by atoms with Gasteiger partial charge in [-0.3, -0.25) is 9.69 Å². The Bertz CT molecular complexity index is 851. The van der Waals surface area contributed by atoms with E-state index in [0.717, 1.165) is 16.9 Å². The summed E-state index contributed by atoms with van der Waals surface area (Å²) in [5.41, 5.74) is 2.26. The van der Waals surface area contributed by atoms with Crippen LogP contribution in [0.4, 0.5) is 0 Å². The highest BCUT2D eigenvalue weighted by molar-refractivity contribution is 6.30. The highest BCUT2D eigenvalue weighted by Gasteiger charge is 2.45. The molecule has 4 rings (SSSR count). The van der Waals surface area contributed by atoms with Crippen molar-refractivity contribution >= 4 is 17.5 Å². The number of nitrogens with zero attached hydrogens (tertiary/aromatic N) is 1. The molecule has 0 bridgehead atoms. The monoisotopic (exact) mass is 345 g/mol. The fraction of sp³-hybridized carbons (Fsp3) is 0.278. The van der Waals surface area contributed by atoms with Crippen molar-refractivity contribution in [1.29, 1.82) is 0 Å². The van der Waals surface area contributed by atoms with E-state index in [1.165, 1.54) is 0 Å². The molecule has 2 unspecified atom stereocenters. The minimum atomic E-state index is -0.476. The summed E-state index contributed by atoms with van der Waals surface area (Å²) in [6.07, 6.45) is -0.476. The predicted molar refractivity (Wildman–Crippen MR) is 89.0 cm³/mol. The lowest BCUT2D eigenvalue weighted by molar-refractivity contribution is -0.00186. The first-order chi connectivity index (χ1) is 11.5. The number of fused-ring (bicyclic) bond motifs is 4. The van der Waals surface area contributed by atoms with Crippen LogP contribution in [-0.4, -0.2) is 25.0 Å². The molecule has 0 aliphatic carbocycles. The fourth-order valence-corrected chi connectivity index (χ4v) is 3.58. The number of methoxy groups -OCH3 is 2. The molecular weight excluding hydrogens is 330 g/mol. The van der Waals surface area contributed by atoms with Gasteiger partial charge >= 0.3 is 0 Å². The van der Waals surface area contributed by atoms with Crippen molar-refractivity contribution in [3.05, 3.63) is 52.0 Å². The van der Waals surface area contributed by atoms with Crippen LogP contribution < -0.4 is 14.2 Å². The van der Waals surface area contributed by atoms with E-state index in [-0.39, 0.29) is 11.9 Å². The number of hydrogen-bond donors (Lipinski definition) is 0. The lowest BCUT2D eigenvalue weighted by Crippen LogP contribution is -2.37. The maximum absolute atomic E-state index is 12.9. The van der Waals surface area contributed by atoms with Gasteiger partial charge in [0.05, 0.1) is 25.8 Å². The van der Waals surface area contributed by atoms with E-state index >= 15 is 0 Å². The van der Waals surface area contributed by atoms with Crippen LogP contribution in [0.3, 0.4) is 0 Å². The van der Waals surface area contributed by atoms with Gasteiger partial charge in [-0.2, -0.15) is 0 Å². The summed E-state index contributed by atoms with van der Waals surface area (Å²) >= 11 is 6.10. The number of rotatable bonds is 2. The van der Waals surface area contributed by atoms with Gasteiger partial charge in [-0.25, -0.2) is 0 Å². The van der Waals surface area contributed by atoms with E-state index < -0.39 is 6.23 Å². The minimum absolute atomic E-state index is 0.0888. The predicted octanol–water partition coefficient (Wildman–Crippen LogP) is 3.97. The highest BCUT2D eigenvalue weighted by Crippen LogP contribution is 2.49. The zero-order valence-corrected chi connectivity index (χ0v) is 14.3. The summed E-state index contributed by atoms with van der Waals surface area (Å²) in [6.45, 7) is 1.98. The summed E-state index contributed by atoms with van der Waals surface area (Å²) in [6, 6.07) is 8.85. The molecule has 0 radical (unpaired) electrons. The topological polar surface area (TPSA) is 48.0 Å². The molecule has 0 aromatic heterocycles. The molecule has 0 N–H and O–H groups in total. The van der Waals surface area contributed by atoms with E-state index in [4.69, 9.17) is 25.8 Å². The Kier molecular flexibility index (Phi) is 3.35. The number of halogens is 1. The van der Waals surface area contributed by atoms with Gasteiger partial charge in [-0.05, 0) is 37.3 Å². The lowest BCUT2D eigenvalue weighted by Gasteiger charge is -2.37. The normalized spacial score (nSPS) is 20.8. The Balaban J connectivity index is 1.86. The summed E-state index contributed by atoms with van der Waals surface area (Å²) in [4.78, 5) is 14.6. The first kappa shape index (κ1) is 15.1. The average molecular weight is 346 g/mol. The zero-order valence-electron chi connectivity index (χ0n) is 13.5. The number of benzene rings is 2. The van der Waals surface area contributed by atoms with Gasteiger partial charge in [0.2, 0.25) is 6.23 Å². The molecule has 2 aliphatic heterocycles. The third-order valence-electron chi connectivity index (χ3n) is 4.62. The number of ether oxygens (including phenoxy) is 3. The SMILES string of the molecule is COc1cc2c(cc1OC)C1Oc3ccc(Cl)cc3C(C)N1C2=O. The summed E-state index contributed by atoms with van der Waals surface area (Å²) in [5, 5.41) is 0.621. The zero-order chi connectivity index (χ0) is 17.0. The van der Waals surface area contributed by atoms with Crippen LogP contribution in [0.5, 0.6) is 17.2 Å². The molecule has 2 aromatic rings. The molecule has 2 atom stereocenters. The summed E-state index contributed by atoms with van der Waals surface area (Å²) in [7, 11) is 3.12. The number of carbonyl (C=O) groups is 1. The molecule has 1 amide bonds. The highest BCUT2D eigenvalue weighted by atomic mass is 35.5. The van der Waals surface area contributed by atoms with Gasteiger partial charge in [0.25, 0.3) is 5.91 Å². The Morgan fingerprint density at radius 2 is 1.79 bits per heavy atom. The second-order valence-corrected chi connectivity index (χ2v) is 6.27. The summed E-state index contributed by atoms with van der Waals surface area (Å²) < 4.78 is 16.8. The molecule has 2 aromatic carbocycles. The van der Waals surface area contributed by atoms with Crippen LogP contribution in [-0.2, 0) is 0 Å². The quantitative estimate of drug-likeness (QED) is 0.826. The van der Waals surface area contributed by atoms with Gasteiger partial charge in [0.1, 0.15) is 5.75 Å². The maximum atomic E-state index is 12.9. The molecule has 24 heavy (non-hydrogen) atoms.